The molecule has 0 bridgehead atoms. The van der Waals surface area contributed by atoms with Crippen molar-refractivity contribution >= 4 is 23.2 Å². The largest absolute Gasteiger partial charge is 0.374 e. The normalized spacial score (nSPS) is 20.8. The predicted octanol–water partition coefficient (Wildman–Crippen LogP) is 4.75. The molecule has 0 fully saturated rings. The lowest BCUT2D eigenvalue weighted by Gasteiger charge is -2.29. The van der Waals surface area contributed by atoms with E-state index in [-0.39, 0.29) is 5.91 Å². The average molecular weight is 461 g/mol. The molecule has 5 nitrogen and oxygen atoms in total. The Bertz CT molecular complexity index is 1420. The van der Waals surface area contributed by atoms with Crippen molar-refractivity contribution in [3.05, 3.63) is 131 Å². The number of fused-ring (bicyclic) bond motifs is 2. The van der Waals surface area contributed by atoms with Crippen molar-refractivity contribution in [1.82, 2.24) is 0 Å². The van der Waals surface area contributed by atoms with Crippen LogP contribution < -0.4 is 9.80 Å². The summed E-state index contributed by atoms with van der Waals surface area (Å²) in [6.45, 7) is 0.683. The highest BCUT2D eigenvalue weighted by Gasteiger charge is 2.60. The smallest absolute Gasteiger partial charge is 0.265 e. The van der Waals surface area contributed by atoms with Gasteiger partial charge in [-0.15, -0.1) is 0 Å². The maximum Gasteiger partial charge on any atom is 0.265 e. The fourth-order valence-corrected chi connectivity index (χ4v) is 5.38. The van der Waals surface area contributed by atoms with Gasteiger partial charge in [0.15, 0.2) is 5.60 Å². The van der Waals surface area contributed by atoms with Crippen molar-refractivity contribution in [2.24, 2.45) is 0 Å². The van der Waals surface area contributed by atoms with E-state index in [4.69, 9.17) is 0 Å². The standard InChI is InChI=1S/C30H24N2O3/c33-28-27(23-15-7-9-17-25(23)31(28)19-21-11-3-1-4-12-21)30(35)24-16-8-10-18-26(24)32(29(30)34)20-22-13-5-2-6-14-22/h1-18,27,35H,19-20H2. The number of hydrogen-bond acceptors (Lipinski definition) is 3. The molecule has 0 spiro atoms. The zero-order valence-corrected chi connectivity index (χ0v) is 19.0. The van der Waals surface area contributed by atoms with Gasteiger partial charge in [0.1, 0.15) is 5.92 Å². The zero-order valence-electron chi connectivity index (χ0n) is 19.0. The Morgan fingerprint density at radius 3 is 1.80 bits per heavy atom. The van der Waals surface area contributed by atoms with Crippen molar-refractivity contribution in [2.45, 2.75) is 24.6 Å². The third-order valence-electron chi connectivity index (χ3n) is 7.01. The van der Waals surface area contributed by atoms with Gasteiger partial charge in [0.05, 0.1) is 18.8 Å². The molecule has 2 amide bonds. The number of aliphatic hydroxyl groups is 1. The van der Waals surface area contributed by atoms with Gasteiger partial charge in [0, 0.05) is 11.3 Å². The number of carbonyl (C=O) groups is 2. The number of rotatable bonds is 5. The SMILES string of the molecule is O=C1C(C2(O)C(=O)N(Cc3ccccc3)c3ccccc32)c2ccccc2N1Cc1ccccc1. The van der Waals surface area contributed by atoms with E-state index in [1.54, 1.807) is 21.9 Å². The van der Waals surface area contributed by atoms with E-state index in [0.29, 0.717) is 29.9 Å². The van der Waals surface area contributed by atoms with E-state index in [0.717, 1.165) is 16.8 Å². The number of para-hydroxylation sites is 2. The summed E-state index contributed by atoms with van der Waals surface area (Å²) in [7, 11) is 0. The molecule has 0 aliphatic carbocycles. The van der Waals surface area contributed by atoms with Crippen molar-refractivity contribution in [2.75, 3.05) is 9.80 Å². The topological polar surface area (TPSA) is 60.9 Å². The Hall–Kier alpha value is -4.22. The molecule has 4 aromatic rings. The quantitative estimate of drug-likeness (QED) is 0.468. The predicted molar refractivity (Wildman–Crippen MR) is 135 cm³/mol. The minimum absolute atomic E-state index is 0.276. The van der Waals surface area contributed by atoms with E-state index in [1.165, 1.54) is 0 Å². The first-order valence-corrected chi connectivity index (χ1v) is 11.7. The molecule has 6 rings (SSSR count). The lowest BCUT2D eigenvalue weighted by Crippen LogP contribution is -2.47. The van der Waals surface area contributed by atoms with Gasteiger partial charge >= 0.3 is 0 Å². The van der Waals surface area contributed by atoms with Crippen molar-refractivity contribution in [3.63, 3.8) is 0 Å². The van der Waals surface area contributed by atoms with Crippen LogP contribution in [0, 0.1) is 0 Å². The number of nitrogens with zero attached hydrogens (tertiary/aromatic N) is 2. The Morgan fingerprint density at radius 2 is 1.14 bits per heavy atom. The van der Waals surface area contributed by atoms with Crippen LogP contribution in [0.5, 0.6) is 0 Å². The molecule has 172 valence electrons. The van der Waals surface area contributed by atoms with E-state index in [9.17, 15) is 14.7 Å². The summed E-state index contributed by atoms with van der Waals surface area (Å²) in [6, 6.07) is 34.1. The van der Waals surface area contributed by atoms with E-state index in [1.807, 2.05) is 97.1 Å². The average Bonchev–Trinajstić information content (AvgIpc) is 3.30. The second kappa shape index (κ2) is 8.22. The number of amides is 2. The first-order chi connectivity index (χ1) is 17.1. The van der Waals surface area contributed by atoms with Gasteiger partial charge in [0.2, 0.25) is 5.91 Å². The van der Waals surface area contributed by atoms with Gasteiger partial charge in [-0.1, -0.05) is 97.1 Å². The van der Waals surface area contributed by atoms with E-state index < -0.39 is 17.4 Å². The van der Waals surface area contributed by atoms with Crippen molar-refractivity contribution in [3.8, 4) is 0 Å². The number of carbonyl (C=O) groups excluding carboxylic acids is 2. The first kappa shape index (κ1) is 21.3. The minimum Gasteiger partial charge on any atom is -0.374 e. The number of hydrogen-bond donors (Lipinski definition) is 1. The molecule has 0 radical (unpaired) electrons. The number of benzene rings is 4. The van der Waals surface area contributed by atoms with Crippen LogP contribution in [0.25, 0.3) is 0 Å². The second-order valence-electron chi connectivity index (χ2n) is 9.06. The van der Waals surface area contributed by atoms with Crippen LogP contribution in [0.2, 0.25) is 0 Å². The highest BCUT2D eigenvalue weighted by molar-refractivity contribution is 6.15. The summed E-state index contributed by atoms with van der Waals surface area (Å²) in [4.78, 5) is 31.3. The maximum atomic E-state index is 14.0. The molecule has 2 heterocycles. The van der Waals surface area contributed by atoms with E-state index in [2.05, 4.69) is 0 Å². The van der Waals surface area contributed by atoms with Crippen molar-refractivity contribution in [1.29, 1.82) is 0 Å². The Morgan fingerprint density at radius 1 is 0.629 bits per heavy atom. The molecule has 5 heteroatoms. The summed E-state index contributed by atoms with van der Waals surface area (Å²) < 4.78 is 0. The van der Waals surface area contributed by atoms with Crippen LogP contribution in [0.4, 0.5) is 11.4 Å². The Labute approximate surface area is 203 Å². The van der Waals surface area contributed by atoms with Gasteiger partial charge in [-0.2, -0.15) is 0 Å². The fraction of sp³-hybridized carbons (Fsp3) is 0.133. The fourth-order valence-electron chi connectivity index (χ4n) is 5.38. The minimum atomic E-state index is -2.00. The summed E-state index contributed by atoms with van der Waals surface area (Å²) in [5.41, 5.74) is 2.43. The zero-order chi connectivity index (χ0) is 24.0. The monoisotopic (exact) mass is 460 g/mol. The van der Waals surface area contributed by atoms with Crippen LogP contribution in [0.15, 0.2) is 109 Å². The van der Waals surface area contributed by atoms with Crippen LogP contribution in [0.3, 0.4) is 0 Å². The molecular formula is C30H24N2O3. The molecule has 35 heavy (non-hydrogen) atoms. The van der Waals surface area contributed by atoms with Gasteiger partial charge in [-0.3, -0.25) is 9.59 Å². The van der Waals surface area contributed by atoms with Gasteiger partial charge < -0.3 is 14.9 Å². The lowest BCUT2D eigenvalue weighted by atomic mass is 9.78. The van der Waals surface area contributed by atoms with Crippen molar-refractivity contribution < 1.29 is 14.7 Å². The molecule has 0 saturated heterocycles. The maximum absolute atomic E-state index is 14.0. The molecule has 2 atom stereocenters. The lowest BCUT2D eigenvalue weighted by molar-refractivity contribution is -0.144. The van der Waals surface area contributed by atoms with Crippen LogP contribution in [0.1, 0.15) is 28.2 Å². The first-order valence-electron chi connectivity index (χ1n) is 11.7. The summed E-state index contributed by atoms with van der Waals surface area (Å²) >= 11 is 0. The third kappa shape index (κ3) is 3.27. The highest BCUT2D eigenvalue weighted by Crippen LogP contribution is 2.53. The molecule has 2 aliphatic rings. The summed E-state index contributed by atoms with van der Waals surface area (Å²) in [5, 5.41) is 12.2. The highest BCUT2D eigenvalue weighted by atomic mass is 16.3. The molecule has 2 aliphatic heterocycles. The van der Waals surface area contributed by atoms with Gasteiger partial charge in [-0.25, -0.2) is 0 Å². The second-order valence-corrected chi connectivity index (χ2v) is 9.06. The molecule has 0 saturated carbocycles. The van der Waals surface area contributed by atoms with Gasteiger partial charge in [-0.05, 0) is 28.8 Å². The summed E-state index contributed by atoms with van der Waals surface area (Å²) in [6.07, 6.45) is 0. The molecule has 1 N–H and O–H groups in total. The number of anilines is 2. The Balaban J connectivity index is 1.45. The molecule has 0 aromatic heterocycles. The molecule has 4 aromatic carbocycles. The molecule has 2 unspecified atom stereocenters. The molecular weight excluding hydrogens is 436 g/mol. The van der Waals surface area contributed by atoms with Crippen LogP contribution in [-0.2, 0) is 28.3 Å². The van der Waals surface area contributed by atoms with Crippen LogP contribution in [-0.4, -0.2) is 16.9 Å². The van der Waals surface area contributed by atoms with E-state index >= 15 is 0 Å². The van der Waals surface area contributed by atoms with Crippen LogP contribution >= 0.6 is 0 Å². The van der Waals surface area contributed by atoms with Gasteiger partial charge in [0.25, 0.3) is 5.91 Å². The summed E-state index contributed by atoms with van der Waals surface area (Å²) in [5.74, 6) is -1.78. The Kier molecular flexibility index (Phi) is 5.01. The third-order valence-corrected chi connectivity index (χ3v) is 7.01.